The van der Waals surface area contributed by atoms with Gasteiger partial charge in [0.2, 0.25) is 5.91 Å². The Hall–Kier alpha value is -2.69. The topological polar surface area (TPSA) is 49.4 Å². The Morgan fingerprint density at radius 2 is 2.04 bits per heavy atom. The molecule has 1 atom stereocenters. The molecule has 1 saturated heterocycles. The zero-order chi connectivity index (χ0) is 17.8. The Bertz CT molecular complexity index is 791. The number of anilines is 1. The first-order valence-corrected chi connectivity index (χ1v) is 8.56. The maximum absolute atomic E-state index is 13.5. The maximum Gasteiger partial charge on any atom is 0.253 e. The average molecular weight is 340 g/mol. The number of carbonyl (C=O) groups is 2. The number of nitrogens with zero attached hydrogens (tertiary/aromatic N) is 1. The van der Waals surface area contributed by atoms with Crippen molar-refractivity contribution in [3.8, 4) is 0 Å². The van der Waals surface area contributed by atoms with E-state index in [2.05, 4.69) is 5.32 Å². The van der Waals surface area contributed by atoms with Crippen molar-refractivity contribution >= 4 is 17.5 Å². The lowest BCUT2D eigenvalue weighted by Crippen LogP contribution is -2.31. The number of benzene rings is 2. The Labute approximate surface area is 146 Å². The second-order valence-corrected chi connectivity index (χ2v) is 6.16. The molecular weight excluding hydrogens is 319 g/mol. The molecule has 0 unspecified atom stereocenters. The summed E-state index contributed by atoms with van der Waals surface area (Å²) in [6.07, 6.45) is 1.95. The van der Waals surface area contributed by atoms with Crippen molar-refractivity contribution in [2.24, 2.45) is 0 Å². The van der Waals surface area contributed by atoms with Crippen LogP contribution in [0.5, 0.6) is 0 Å². The van der Waals surface area contributed by atoms with Crippen LogP contribution in [0.4, 0.5) is 10.1 Å². The molecule has 0 spiro atoms. The summed E-state index contributed by atoms with van der Waals surface area (Å²) in [7, 11) is 0. The molecule has 5 heteroatoms. The summed E-state index contributed by atoms with van der Waals surface area (Å²) in [5.74, 6) is -0.544. The molecule has 1 aliphatic rings. The van der Waals surface area contributed by atoms with Crippen LogP contribution >= 0.6 is 0 Å². The van der Waals surface area contributed by atoms with Gasteiger partial charge in [0.15, 0.2) is 0 Å². The first-order valence-electron chi connectivity index (χ1n) is 8.56. The average Bonchev–Trinajstić information content (AvgIpc) is 3.05. The lowest BCUT2D eigenvalue weighted by atomic mass is 10.0. The number of amides is 2. The molecule has 1 N–H and O–H groups in total. The molecule has 3 rings (SSSR count). The molecule has 0 aliphatic carbocycles. The van der Waals surface area contributed by atoms with E-state index >= 15 is 0 Å². The quantitative estimate of drug-likeness (QED) is 0.899. The molecule has 0 aromatic heterocycles. The Morgan fingerprint density at radius 3 is 2.72 bits per heavy atom. The van der Waals surface area contributed by atoms with Gasteiger partial charge in [0.1, 0.15) is 5.82 Å². The number of hydrogen-bond acceptors (Lipinski definition) is 2. The Kier molecular flexibility index (Phi) is 5.12. The van der Waals surface area contributed by atoms with E-state index in [1.54, 1.807) is 35.2 Å². The summed E-state index contributed by atoms with van der Waals surface area (Å²) in [5.41, 5.74) is 1.83. The minimum absolute atomic E-state index is 0.0393. The molecule has 1 fully saturated rings. The van der Waals surface area contributed by atoms with Crippen molar-refractivity contribution in [2.75, 3.05) is 11.4 Å². The fourth-order valence-corrected chi connectivity index (χ4v) is 3.18. The van der Waals surface area contributed by atoms with E-state index in [0.717, 1.165) is 12.0 Å². The minimum Gasteiger partial charge on any atom is -0.345 e. The van der Waals surface area contributed by atoms with Crippen LogP contribution in [0, 0.1) is 5.82 Å². The summed E-state index contributed by atoms with van der Waals surface area (Å²) >= 11 is 0. The van der Waals surface area contributed by atoms with Crippen molar-refractivity contribution in [1.29, 1.82) is 0 Å². The summed E-state index contributed by atoms with van der Waals surface area (Å²) in [6.45, 7) is 2.57. The van der Waals surface area contributed by atoms with Crippen molar-refractivity contribution in [2.45, 2.75) is 32.2 Å². The van der Waals surface area contributed by atoms with E-state index in [1.807, 2.05) is 13.0 Å². The van der Waals surface area contributed by atoms with Gasteiger partial charge < -0.3 is 10.2 Å². The van der Waals surface area contributed by atoms with Gasteiger partial charge in [-0.1, -0.05) is 31.2 Å². The summed E-state index contributed by atoms with van der Waals surface area (Å²) in [4.78, 5) is 26.5. The van der Waals surface area contributed by atoms with Crippen LogP contribution in [0.25, 0.3) is 0 Å². The monoisotopic (exact) mass is 340 g/mol. The van der Waals surface area contributed by atoms with Crippen LogP contribution in [0.15, 0.2) is 48.5 Å². The first kappa shape index (κ1) is 17.1. The molecule has 0 saturated carbocycles. The second-order valence-electron chi connectivity index (χ2n) is 6.16. The van der Waals surface area contributed by atoms with Crippen LogP contribution in [0.3, 0.4) is 0 Å². The zero-order valence-electron chi connectivity index (χ0n) is 14.2. The maximum atomic E-state index is 13.5. The third-order valence-electron chi connectivity index (χ3n) is 4.48. The van der Waals surface area contributed by atoms with E-state index in [4.69, 9.17) is 0 Å². The Balaban J connectivity index is 1.84. The van der Waals surface area contributed by atoms with Crippen molar-refractivity contribution < 1.29 is 14.0 Å². The molecule has 2 aromatic carbocycles. The number of nitrogens with one attached hydrogen (secondary N) is 1. The number of carbonyl (C=O) groups excluding carboxylic acids is 2. The van der Waals surface area contributed by atoms with E-state index in [9.17, 15) is 14.0 Å². The largest absolute Gasteiger partial charge is 0.345 e. The van der Waals surface area contributed by atoms with E-state index in [0.29, 0.717) is 30.6 Å². The highest BCUT2D eigenvalue weighted by Crippen LogP contribution is 2.26. The van der Waals surface area contributed by atoms with E-state index in [1.165, 1.54) is 12.1 Å². The van der Waals surface area contributed by atoms with Crippen LogP contribution in [0.2, 0.25) is 0 Å². The molecular formula is C20H21FN2O2. The van der Waals surface area contributed by atoms with Crippen LogP contribution < -0.4 is 10.2 Å². The number of hydrogen-bond donors (Lipinski definition) is 1. The molecule has 25 heavy (non-hydrogen) atoms. The third kappa shape index (κ3) is 3.71. The highest BCUT2D eigenvalue weighted by Gasteiger charge is 2.26. The smallest absolute Gasteiger partial charge is 0.253 e. The highest BCUT2D eigenvalue weighted by molar-refractivity contribution is 6.05. The summed E-state index contributed by atoms with van der Waals surface area (Å²) in [6, 6.07) is 13.1. The molecule has 1 heterocycles. The van der Waals surface area contributed by atoms with Crippen LogP contribution in [0.1, 0.15) is 48.1 Å². The van der Waals surface area contributed by atoms with Gasteiger partial charge in [-0.25, -0.2) is 4.39 Å². The number of halogens is 1. The molecule has 0 bridgehead atoms. The first-order chi connectivity index (χ1) is 12.1. The van der Waals surface area contributed by atoms with Crippen molar-refractivity contribution in [1.82, 2.24) is 5.32 Å². The van der Waals surface area contributed by atoms with E-state index < -0.39 is 0 Å². The SMILES string of the molecule is CC[C@H](NC(=O)c1ccccc1N1CCCC1=O)c1cccc(F)c1. The van der Waals surface area contributed by atoms with Crippen LogP contribution in [-0.2, 0) is 4.79 Å². The van der Waals surface area contributed by atoms with Gasteiger partial charge >= 0.3 is 0 Å². The van der Waals surface area contributed by atoms with Crippen LogP contribution in [-0.4, -0.2) is 18.4 Å². The fraction of sp³-hybridized carbons (Fsp3) is 0.300. The third-order valence-corrected chi connectivity index (χ3v) is 4.48. The van der Waals surface area contributed by atoms with Gasteiger partial charge in [0, 0.05) is 13.0 Å². The van der Waals surface area contributed by atoms with Gasteiger partial charge in [-0.05, 0) is 42.7 Å². The Morgan fingerprint density at radius 1 is 1.24 bits per heavy atom. The van der Waals surface area contributed by atoms with Gasteiger partial charge in [-0.15, -0.1) is 0 Å². The molecule has 1 aliphatic heterocycles. The van der Waals surface area contributed by atoms with Crippen molar-refractivity contribution in [3.63, 3.8) is 0 Å². The molecule has 4 nitrogen and oxygen atoms in total. The van der Waals surface area contributed by atoms with Gasteiger partial charge in [0.05, 0.1) is 17.3 Å². The predicted molar refractivity (Wildman–Crippen MR) is 94.9 cm³/mol. The fourth-order valence-electron chi connectivity index (χ4n) is 3.18. The summed E-state index contributed by atoms with van der Waals surface area (Å²) in [5, 5.41) is 2.96. The lowest BCUT2D eigenvalue weighted by Gasteiger charge is -2.22. The number of rotatable bonds is 5. The molecule has 130 valence electrons. The molecule has 2 amide bonds. The lowest BCUT2D eigenvalue weighted by molar-refractivity contribution is -0.117. The van der Waals surface area contributed by atoms with Gasteiger partial charge in [-0.2, -0.15) is 0 Å². The molecule has 2 aromatic rings. The second kappa shape index (κ2) is 7.47. The normalized spacial score (nSPS) is 15.3. The summed E-state index contributed by atoms with van der Waals surface area (Å²) < 4.78 is 13.5. The van der Waals surface area contributed by atoms with E-state index in [-0.39, 0.29) is 23.7 Å². The zero-order valence-corrected chi connectivity index (χ0v) is 14.2. The van der Waals surface area contributed by atoms with Crippen molar-refractivity contribution in [3.05, 3.63) is 65.5 Å². The predicted octanol–water partition coefficient (Wildman–Crippen LogP) is 3.83. The minimum atomic E-state index is -0.326. The highest BCUT2D eigenvalue weighted by atomic mass is 19.1. The van der Waals surface area contributed by atoms with Gasteiger partial charge in [0.25, 0.3) is 5.91 Å². The standard InChI is InChI=1S/C20H21FN2O2/c1-2-17(14-7-5-8-15(21)13-14)22-20(25)16-9-3-4-10-18(16)23-12-6-11-19(23)24/h3-5,7-10,13,17H,2,6,11-12H2,1H3,(H,22,25)/t17-/m0/s1. The molecule has 0 radical (unpaired) electrons. The number of para-hydroxylation sites is 1. The van der Waals surface area contributed by atoms with Gasteiger partial charge in [-0.3, -0.25) is 9.59 Å².